The summed E-state index contributed by atoms with van der Waals surface area (Å²) in [4.78, 5) is 21.9. The third kappa shape index (κ3) is 4.31. The van der Waals surface area contributed by atoms with Gasteiger partial charge in [0.05, 0.1) is 4.92 Å². The maximum absolute atomic E-state index is 11.6. The Morgan fingerprint density at radius 2 is 2.17 bits per heavy atom. The molecular weight excluding hydrogens is 258 g/mol. The van der Waals surface area contributed by atoms with Crippen LogP contribution in [0, 0.1) is 10.1 Å². The Balaban J connectivity index is 2.91. The van der Waals surface area contributed by atoms with E-state index in [0.29, 0.717) is 0 Å². The normalized spacial score (nSPS) is 11.1. The van der Waals surface area contributed by atoms with Crippen molar-refractivity contribution in [1.82, 2.24) is 0 Å². The maximum atomic E-state index is 11.6. The highest BCUT2D eigenvalue weighted by Gasteiger charge is 2.20. The molecule has 1 aromatic carbocycles. The van der Waals surface area contributed by atoms with Crippen LogP contribution in [0.25, 0.3) is 0 Å². The first kappa shape index (κ1) is 14.4. The van der Waals surface area contributed by atoms with E-state index in [0.717, 1.165) is 0 Å². The lowest BCUT2D eigenvalue weighted by atomic mass is 10.0. The van der Waals surface area contributed by atoms with Crippen molar-refractivity contribution in [1.29, 1.82) is 0 Å². The highest BCUT2D eigenvalue weighted by molar-refractivity contribution is 6.31. The third-order valence-electron chi connectivity index (χ3n) is 2.05. The zero-order valence-electron chi connectivity index (χ0n) is 10.1. The molecule has 0 atom stereocenters. The molecule has 0 aliphatic rings. The van der Waals surface area contributed by atoms with Gasteiger partial charge < -0.3 is 11.1 Å². The summed E-state index contributed by atoms with van der Waals surface area (Å²) in [5.74, 6) is -0.382. The summed E-state index contributed by atoms with van der Waals surface area (Å²) in [6.07, 6.45) is 0.0623. The highest BCUT2D eigenvalue weighted by Crippen LogP contribution is 2.28. The van der Waals surface area contributed by atoms with Crippen molar-refractivity contribution in [3.8, 4) is 0 Å². The average molecular weight is 272 g/mol. The quantitative estimate of drug-likeness (QED) is 0.648. The van der Waals surface area contributed by atoms with E-state index in [-0.39, 0.29) is 28.7 Å². The molecule has 1 aromatic rings. The van der Waals surface area contributed by atoms with Gasteiger partial charge in [-0.15, -0.1) is 0 Å². The van der Waals surface area contributed by atoms with Crippen LogP contribution in [0.3, 0.4) is 0 Å². The lowest BCUT2D eigenvalue weighted by molar-refractivity contribution is -0.383. The molecule has 0 saturated heterocycles. The van der Waals surface area contributed by atoms with Crippen LogP contribution < -0.4 is 11.1 Å². The monoisotopic (exact) mass is 271 g/mol. The molecule has 98 valence electrons. The number of hydrogen-bond donors (Lipinski definition) is 2. The molecule has 3 N–H and O–H groups in total. The Morgan fingerprint density at radius 1 is 1.56 bits per heavy atom. The first-order chi connectivity index (χ1) is 8.19. The van der Waals surface area contributed by atoms with E-state index >= 15 is 0 Å². The number of nitrogens with one attached hydrogen (secondary N) is 1. The first-order valence-electron chi connectivity index (χ1n) is 5.22. The van der Waals surface area contributed by atoms with Crippen LogP contribution in [-0.2, 0) is 4.79 Å². The number of nitrogens with zero attached hydrogens (tertiary/aromatic N) is 1. The Hall–Kier alpha value is -1.66. The summed E-state index contributed by atoms with van der Waals surface area (Å²) >= 11 is 5.67. The molecular formula is C11H14ClN3O3. The van der Waals surface area contributed by atoms with Gasteiger partial charge in [-0.1, -0.05) is 11.6 Å². The predicted molar refractivity (Wildman–Crippen MR) is 69.6 cm³/mol. The fraction of sp³-hybridized carbons (Fsp3) is 0.364. The molecule has 7 heteroatoms. The standard InChI is InChI=1S/C11H14ClN3O3/c1-11(2,13)6-10(16)14-8-4-3-7(12)5-9(8)15(17)18/h3-5H,6,13H2,1-2H3,(H,14,16). The zero-order valence-corrected chi connectivity index (χ0v) is 10.8. The number of nitro benzene ring substituents is 1. The maximum Gasteiger partial charge on any atom is 0.294 e. The Bertz CT molecular complexity index is 483. The van der Waals surface area contributed by atoms with Crippen LogP contribution in [0.4, 0.5) is 11.4 Å². The van der Waals surface area contributed by atoms with E-state index in [4.69, 9.17) is 17.3 Å². The largest absolute Gasteiger partial charge is 0.325 e. The molecule has 1 amide bonds. The van der Waals surface area contributed by atoms with Gasteiger partial charge >= 0.3 is 0 Å². The number of benzene rings is 1. The number of amides is 1. The minimum Gasteiger partial charge on any atom is -0.325 e. The number of carbonyl (C=O) groups excluding carboxylic acids is 1. The summed E-state index contributed by atoms with van der Waals surface area (Å²) in [5.41, 5.74) is 4.89. The molecule has 18 heavy (non-hydrogen) atoms. The van der Waals surface area contributed by atoms with Crippen LogP contribution in [0.5, 0.6) is 0 Å². The van der Waals surface area contributed by atoms with E-state index < -0.39 is 10.5 Å². The molecule has 6 nitrogen and oxygen atoms in total. The van der Waals surface area contributed by atoms with Crippen molar-refractivity contribution >= 4 is 28.9 Å². The van der Waals surface area contributed by atoms with Crippen molar-refractivity contribution in [2.45, 2.75) is 25.8 Å². The smallest absolute Gasteiger partial charge is 0.294 e. The third-order valence-corrected chi connectivity index (χ3v) is 2.28. The number of nitro groups is 1. The molecule has 0 unspecified atom stereocenters. The van der Waals surface area contributed by atoms with Crippen LogP contribution in [-0.4, -0.2) is 16.4 Å². The number of anilines is 1. The second-order valence-corrected chi connectivity index (χ2v) is 5.07. The summed E-state index contributed by atoms with van der Waals surface area (Å²) in [6.45, 7) is 3.39. The Labute approximate surface area is 109 Å². The van der Waals surface area contributed by atoms with Crippen molar-refractivity contribution in [3.63, 3.8) is 0 Å². The van der Waals surface area contributed by atoms with Crippen LogP contribution >= 0.6 is 11.6 Å². The minimum absolute atomic E-state index is 0.0623. The number of carbonyl (C=O) groups is 1. The van der Waals surface area contributed by atoms with Crippen molar-refractivity contribution in [3.05, 3.63) is 33.3 Å². The summed E-state index contributed by atoms with van der Waals surface area (Å²) in [6, 6.07) is 4.05. The Morgan fingerprint density at radius 3 is 2.67 bits per heavy atom. The topological polar surface area (TPSA) is 98.3 Å². The molecule has 0 radical (unpaired) electrons. The van der Waals surface area contributed by atoms with Gasteiger partial charge in [-0.05, 0) is 26.0 Å². The van der Waals surface area contributed by atoms with Crippen molar-refractivity contribution < 1.29 is 9.72 Å². The molecule has 0 aliphatic carbocycles. The molecule has 0 saturated carbocycles. The number of halogens is 1. The molecule has 0 fully saturated rings. The van der Waals surface area contributed by atoms with Gasteiger partial charge in [0.25, 0.3) is 5.69 Å². The predicted octanol–water partition coefficient (Wildman–Crippen LogP) is 2.31. The van der Waals surface area contributed by atoms with Gasteiger partial charge in [0, 0.05) is 23.0 Å². The van der Waals surface area contributed by atoms with Gasteiger partial charge in [-0.3, -0.25) is 14.9 Å². The van der Waals surface area contributed by atoms with E-state index in [1.165, 1.54) is 18.2 Å². The van der Waals surface area contributed by atoms with Gasteiger partial charge in [0.15, 0.2) is 0 Å². The number of rotatable bonds is 4. The SMILES string of the molecule is CC(C)(N)CC(=O)Nc1ccc(Cl)cc1[N+](=O)[O-]. The van der Waals surface area contributed by atoms with Crippen molar-refractivity contribution in [2.75, 3.05) is 5.32 Å². The van der Waals surface area contributed by atoms with E-state index in [2.05, 4.69) is 5.32 Å². The second kappa shape index (κ2) is 5.32. The lowest BCUT2D eigenvalue weighted by Gasteiger charge is -2.17. The summed E-state index contributed by atoms with van der Waals surface area (Å²) < 4.78 is 0. The summed E-state index contributed by atoms with van der Waals surface area (Å²) in [5, 5.41) is 13.5. The fourth-order valence-corrected chi connectivity index (χ4v) is 1.54. The van der Waals surface area contributed by atoms with Gasteiger partial charge in [0.2, 0.25) is 5.91 Å². The number of nitrogens with two attached hydrogens (primary N) is 1. The van der Waals surface area contributed by atoms with Gasteiger partial charge in [0.1, 0.15) is 5.69 Å². The van der Waals surface area contributed by atoms with Gasteiger partial charge in [-0.25, -0.2) is 0 Å². The van der Waals surface area contributed by atoms with Crippen molar-refractivity contribution in [2.24, 2.45) is 5.73 Å². The molecule has 1 rings (SSSR count). The second-order valence-electron chi connectivity index (χ2n) is 4.63. The number of hydrogen-bond acceptors (Lipinski definition) is 4. The minimum atomic E-state index is -0.675. The Kier molecular flexibility index (Phi) is 4.26. The molecule has 0 bridgehead atoms. The van der Waals surface area contributed by atoms with Crippen LogP contribution in [0.15, 0.2) is 18.2 Å². The van der Waals surface area contributed by atoms with Crippen LogP contribution in [0.1, 0.15) is 20.3 Å². The molecule has 0 aliphatic heterocycles. The summed E-state index contributed by atoms with van der Waals surface area (Å²) in [7, 11) is 0. The lowest BCUT2D eigenvalue weighted by Crippen LogP contribution is -2.36. The molecule has 0 aromatic heterocycles. The van der Waals surface area contributed by atoms with E-state index in [1.54, 1.807) is 13.8 Å². The van der Waals surface area contributed by atoms with E-state index in [9.17, 15) is 14.9 Å². The van der Waals surface area contributed by atoms with E-state index in [1.807, 2.05) is 0 Å². The van der Waals surface area contributed by atoms with Gasteiger partial charge in [-0.2, -0.15) is 0 Å². The fourth-order valence-electron chi connectivity index (χ4n) is 1.37. The average Bonchev–Trinajstić information content (AvgIpc) is 2.17. The first-order valence-corrected chi connectivity index (χ1v) is 5.59. The zero-order chi connectivity index (χ0) is 13.9. The highest BCUT2D eigenvalue weighted by atomic mass is 35.5. The van der Waals surface area contributed by atoms with Crippen LogP contribution in [0.2, 0.25) is 5.02 Å². The molecule has 0 spiro atoms. The molecule has 0 heterocycles.